The molecule has 0 radical (unpaired) electrons. The molecule has 0 bridgehead atoms. The average molecular weight is 380 g/mol. The number of benzene rings is 1. The second kappa shape index (κ2) is 7.25. The summed E-state index contributed by atoms with van der Waals surface area (Å²) in [5.74, 6) is -3.37. The number of hydrogen-bond donors (Lipinski definition) is 2. The summed E-state index contributed by atoms with van der Waals surface area (Å²) in [5.41, 5.74) is -0.882. The van der Waals surface area contributed by atoms with Gasteiger partial charge in [0.1, 0.15) is 11.6 Å². The van der Waals surface area contributed by atoms with Crippen LogP contribution in [0.25, 0.3) is 0 Å². The zero-order chi connectivity index (χ0) is 19.8. The number of rotatable bonds is 5. The fourth-order valence-corrected chi connectivity index (χ4v) is 4.40. The first-order chi connectivity index (χ1) is 12.7. The Bertz CT molecular complexity index is 785. The van der Waals surface area contributed by atoms with Gasteiger partial charge in [-0.25, -0.2) is 8.78 Å². The van der Waals surface area contributed by atoms with E-state index in [4.69, 9.17) is 0 Å². The predicted molar refractivity (Wildman–Crippen MR) is 91.5 cm³/mol. The molecular weight excluding hydrogens is 358 g/mol. The maximum Gasteiger partial charge on any atom is 0.311 e. The molecule has 146 valence electrons. The highest BCUT2D eigenvalue weighted by atomic mass is 19.1. The van der Waals surface area contributed by atoms with Gasteiger partial charge in [0.2, 0.25) is 11.8 Å². The van der Waals surface area contributed by atoms with E-state index < -0.39 is 35.0 Å². The molecule has 1 aliphatic heterocycles. The number of carboxylic acids is 1. The van der Waals surface area contributed by atoms with Crippen LogP contribution in [0, 0.1) is 23.0 Å². The van der Waals surface area contributed by atoms with Gasteiger partial charge in [0.15, 0.2) is 0 Å². The molecule has 1 heterocycles. The molecule has 0 spiro atoms. The van der Waals surface area contributed by atoms with Crippen molar-refractivity contribution in [2.24, 2.45) is 11.3 Å². The summed E-state index contributed by atoms with van der Waals surface area (Å²) in [6, 6.07) is 2.03. The third-order valence-corrected chi connectivity index (χ3v) is 5.74. The number of carbonyl (C=O) groups is 3. The molecule has 6 nitrogen and oxygen atoms in total. The Morgan fingerprint density at radius 3 is 2.70 bits per heavy atom. The van der Waals surface area contributed by atoms with Gasteiger partial charge in [0.25, 0.3) is 0 Å². The minimum absolute atomic E-state index is 0.0206. The third kappa shape index (κ3) is 3.65. The van der Waals surface area contributed by atoms with Crippen LogP contribution >= 0.6 is 0 Å². The van der Waals surface area contributed by atoms with Crippen molar-refractivity contribution in [2.75, 3.05) is 13.1 Å². The van der Waals surface area contributed by atoms with Gasteiger partial charge < -0.3 is 15.3 Å². The smallest absolute Gasteiger partial charge is 0.311 e. The van der Waals surface area contributed by atoms with E-state index in [1.54, 1.807) is 0 Å². The molecular formula is C19H22F2N2O4. The van der Waals surface area contributed by atoms with Gasteiger partial charge in [0, 0.05) is 31.6 Å². The maximum atomic E-state index is 14.1. The van der Waals surface area contributed by atoms with Gasteiger partial charge in [-0.15, -0.1) is 0 Å². The number of hydrogen-bond acceptors (Lipinski definition) is 3. The molecule has 3 atom stereocenters. The lowest BCUT2D eigenvalue weighted by atomic mass is 9.81. The van der Waals surface area contributed by atoms with E-state index in [2.05, 4.69) is 5.32 Å². The average Bonchev–Trinajstić information content (AvgIpc) is 3.12. The maximum absolute atomic E-state index is 14.1. The molecule has 1 aromatic carbocycles. The second-order valence-corrected chi connectivity index (χ2v) is 7.45. The highest BCUT2D eigenvalue weighted by Gasteiger charge is 2.55. The topological polar surface area (TPSA) is 86.7 Å². The minimum atomic E-state index is -0.947. The molecule has 3 rings (SSSR count). The molecule has 1 aliphatic carbocycles. The van der Waals surface area contributed by atoms with Gasteiger partial charge in [-0.1, -0.05) is 12.5 Å². The van der Waals surface area contributed by atoms with E-state index in [-0.39, 0.29) is 30.4 Å². The lowest BCUT2D eigenvalue weighted by molar-refractivity contribution is -0.149. The summed E-state index contributed by atoms with van der Waals surface area (Å²) >= 11 is 0. The number of halogens is 2. The van der Waals surface area contributed by atoms with E-state index in [0.29, 0.717) is 19.0 Å². The molecule has 2 N–H and O–H groups in total. The molecule has 1 unspecified atom stereocenters. The number of nitrogens with one attached hydrogen (secondary N) is 1. The minimum Gasteiger partial charge on any atom is -0.481 e. The second-order valence-electron chi connectivity index (χ2n) is 7.45. The first-order valence-corrected chi connectivity index (χ1v) is 8.96. The Kier molecular flexibility index (Phi) is 5.17. The molecule has 2 fully saturated rings. The summed E-state index contributed by atoms with van der Waals surface area (Å²) in [5, 5.41) is 12.2. The van der Waals surface area contributed by atoms with E-state index in [1.165, 1.54) is 17.9 Å². The lowest BCUT2D eigenvalue weighted by Gasteiger charge is -2.25. The fraction of sp³-hybridized carbons (Fsp3) is 0.526. The van der Waals surface area contributed by atoms with Gasteiger partial charge in [-0.2, -0.15) is 0 Å². The zero-order valence-corrected chi connectivity index (χ0v) is 15.0. The summed E-state index contributed by atoms with van der Waals surface area (Å²) in [6.45, 7) is 1.73. The highest BCUT2D eigenvalue weighted by molar-refractivity contribution is 5.82. The van der Waals surface area contributed by atoms with Crippen LogP contribution in [0.3, 0.4) is 0 Å². The van der Waals surface area contributed by atoms with Crippen molar-refractivity contribution >= 4 is 17.8 Å². The molecule has 1 saturated heterocycles. The number of amides is 2. The van der Waals surface area contributed by atoms with E-state index in [1.807, 2.05) is 0 Å². The Balaban J connectivity index is 1.77. The normalized spacial score (nSPS) is 25.1. The molecule has 2 amide bonds. The summed E-state index contributed by atoms with van der Waals surface area (Å²) in [6.07, 6.45) is 1.91. The Morgan fingerprint density at radius 2 is 2.11 bits per heavy atom. The Morgan fingerprint density at radius 1 is 1.37 bits per heavy atom. The summed E-state index contributed by atoms with van der Waals surface area (Å²) in [4.78, 5) is 37.5. The van der Waals surface area contributed by atoms with Crippen LogP contribution in [0.2, 0.25) is 0 Å². The molecule has 8 heteroatoms. The van der Waals surface area contributed by atoms with Gasteiger partial charge in [0.05, 0.1) is 17.9 Å². The van der Waals surface area contributed by atoms with E-state index >= 15 is 0 Å². The highest BCUT2D eigenvalue weighted by Crippen LogP contribution is 2.49. The van der Waals surface area contributed by atoms with Gasteiger partial charge >= 0.3 is 5.97 Å². The number of aliphatic carboxylic acids is 1. The van der Waals surface area contributed by atoms with Gasteiger partial charge in [-0.3, -0.25) is 14.4 Å². The predicted octanol–water partition coefficient (Wildman–Crippen LogP) is 2.25. The Labute approximate surface area is 155 Å². The summed E-state index contributed by atoms with van der Waals surface area (Å²) < 4.78 is 27.3. The molecule has 1 aromatic rings. The summed E-state index contributed by atoms with van der Waals surface area (Å²) in [7, 11) is 0. The van der Waals surface area contributed by atoms with Crippen LogP contribution in [-0.4, -0.2) is 40.9 Å². The van der Waals surface area contributed by atoms with Crippen molar-refractivity contribution in [3.05, 3.63) is 35.4 Å². The van der Waals surface area contributed by atoms with Crippen molar-refractivity contribution < 1.29 is 28.3 Å². The van der Waals surface area contributed by atoms with Crippen molar-refractivity contribution in [2.45, 2.75) is 38.6 Å². The van der Waals surface area contributed by atoms with Crippen LogP contribution in [0.5, 0.6) is 0 Å². The van der Waals surface area contributed by atoms with Gasteiger partial charge in [-0.05, 0) is 24.8 Å². The number of fused-ring (bicyclic) bond motifs is 1. The number of likely N-dealkylation sites (tertiary alicyclic amines) is 1. The monoisotopic (exact) mass is 380 g/mol. The van der Waals surface area contributed by atoms with E-state index in [0.717, 1.165) is 18.9 Å². The zero-order valence-electron chi connectivity index (χ0n) is 15.0. The quantitative estimate of drug-likeness (QED) is 0.820. The number of carboxylic acid groups (broad SMARTS) is 1. The molecule has 0 aromatic heterocycles. The van der Waals surface area contributed by atoms with Crippen LogP contribution in [-0.2, 0) is 14.4 Å². The number of carbonyl (C=O) groups excluding carboxylic acids is 2. The third-order valence-electron chi connectivity index (χ3n) is 5.74. The van der Waals surface area contributed by atoms with E-state index in [9.17, 15) is 28.3 Å². The van der Waals surface area contributed by atoms with Crippen LogP contribution in [0.4, 0.5) is 8.78 Å². The van der Waals surface area contributed by atoms with Crippen LogP contribution in [0.15, 0.2) is 18.2 Å². The van der Waals surface area contributed by atoms with Crippen LogP contribution < -0.4 is 5.32 Å². The van der Waals surface area contributed by atoms with Crippen molar-refractivity contribution in [1.82, 2.24) is 10.2 Å². The first-order valence-electron chi connectivity index (χ1n) is 8.96. The fourth-order valence-electron chi connectivity index (χ4n) is 4.40. The van der Waals surface area contributed by atoms with Crippen molar-refractivity contribution in [3.63, 3.8) is 0 Å². The molecule has 2 aliphatic rings. The number of nitrogens with zero attached hydrogens (tertiary/aromatic N) is 1. The first kappa shape index (κ1) is 19.3. The largest absolute Gasteiger partial charge is 0.481 e. The van der Waals surface area contributed by atoms with Crippen molar-refractivity contribution in [1.29, 1.82) is 0 Å². The molecule has 27 heavy (non-hydrogen) atoms. The van der Waals surface area contributed by atoms with Crippen LogP contribution in [0.1, 0.15) is 44.2 Å². The standard InChI is InChI=1S/C19H22F2N2O4/c1-11(24)22-16(14-5-4-13(20)7-15(14)21)8-17(25)23-9-12-3-2-6-19(12,10-23)18(26)27/h4-5,7,12,16H,2-3,6,8-10H2,1H3,(H,22,24)(H,26,27)/t12-,16?,19+/m0/s1. The molecule has 1 saturated carbocycles. The SMILES string of the molecule is CC(=O)NC(CC(=O)N1C[C@@H]2CCC[C@@]2(C(=O)O)C1)c1ccc(F)cc1F. The Hall–Kier alpha value is -2.51. The lowest BCUT2D eigenvalue weighted by Crippen LogP contribution is -2.38. The van der Waals surface area contributed by atoms with Crippen molar-refractivity contribution in [3.8, 4) is 0 Å².